The Balaban J connectivity index is 2.96. The SMILES string of the molecule is Cc1cccc(CON)c1Cl. The summed E-state index contributed by atoms with van der Waals surface area (Å²) in [5.74, 6) is 4.92. The van der Waals surface area contributed by atoms with Crippen molar-refractivity contribution in [3.63, 3.8) is 0 Å². The second-order valence-electron chi connectivity index (χ2n) is 2.36. The molecule has 1 aromatic rings. The quantitative estimate of drug-likeness (QED) is 0.692. The Bertz CT molecular complexity index is 250. The molecule has 3 heteroatoms. The van der Waals surface area contributed by atoms with Gasteiger partial charge in [0.2, 0.25) is 0 Å². The lowest BCUT2D eigenvalue weighted by molar-refractivity contribution is 0.124. The average Bonchev–Trinajstić information content (AvgIpc) is 1.99. The van der Waals surface area contributed by atoms with E-state index < -0.39 is 0 Å². The normalized spacial score (nSPS) is 10.1. The van der Waals surface area contributed by atoms with Gasteiger partial charge in [0.25, 0.3) is 0 Å². The van der Waals surface area contributed by atoms with Gasteiger partial charge in [0.15, 0.2) is 0 Å². The standard InChI is InChI=1S/C8H10ClNO/c1-6-3-2-4-7(5-11-10)8(6)9/h2-4H,5,10H2,1H3. The molecule has 1 rings (SSSR count). The molecule has 0 saturated heterocycles. The molecule has 0 aromatic heterocycles. The van der Waals surface area contributed by atoms with Crippen LogP contribution in [0.15, 0.2) is 18.2 Å². The predicted molar refractivity (Wildman–Crippen MR) is 45.2 cm³/mol. The van der Waals surface area contributed by atoms with Gasteiger partial charge in [-0.25, -0.2) is 5.90 Å². The van der Waals surface area contributed by atoms with Gasteiger partial charge in [0.1, 0.15) is 0 Å². The smallest absolute Gasteiger partial charge is 0.0944 e. The van der Waals surface area contributed by atoms with E-state index >= 15 is 0 Å². The summed E-state index contributed by atoms with van der Waals surface area (Å²) < 4.78 is 0. The van der Waals surface area contributed by atoms with Crippen LogP contribution in [0, 0.1) is 6.92 Å². The van der Waals surface area contributed by atoms with Crippen LogP contribution >= 0.6 is 11.6 Å². The van der Waals surface area contributed by atoms with Gasteiger partial charge in [0, 0.05) is 5.02 Å². The molecule has 0 aliphatic heterocycles. The van der Waals surface area contributed by atoms with Gasteiger partial charge in [-0.05, 0) is 18.1 Å². The topological polar surface area (TPSA) is 35.2 Å². The van der Waals surface area contributed by atoms with E-state index in [1.807, 2.05) is 25.1 Å². The lowest BCUT2D eigenvalue weighted by Gasteiger charge is -2.03. The van der Waals surface area contributed by atoms with Crippen molar-refractivity contribution in [3.05, 3.63) is 34.3 Å². The molecule has 11 heavy (non-hydrogen) atoms. The van der Waals surface area contributed by atoms with E-state index in [0.717, 1.165) is 16.1 Å². The fourth-order valence-corrected chi connectivity index (χ4v) is 1.09. The number of hydrogen-bond donors (Lipinski definition) is 1. The molecule has 0 unspecified atom stereocenters. The van der Waals surface area contributed by atoms with E-state index in [1.165, 1.54) is 0 Å². The zero-order chi connectivity index (χ0) is 8.27. The summed E-state index contributed by atoms with van der Waals surface area (Å²) in [5.41, 5.74) is 1.97. The molecule has 0 amide bonds. The lowest BCUT2D eigenvalue weighted by atomic mass is 10.1. The molecule has 0 bridgehead atoms. The summed E-state index contributed by atoms with van der Waals surface area (Å²) in [5, 5.41) is 0.734. The van der Waals surface area contributed by atoms with E-state index in [0.29, 0.717) is 6.61 Å². The molecule has 0 aliphatic rings. The van der Waals surface area contributed by atoms with Crippen molar-refractivity contribution >= 4 is 11.6 Å². The van der Waals surface area contributed by atoms with Crippen LogP contribution in [0.1, 0.15) is 11.1 Å². The highest BCUT2D eigenvalue weighted by Crippen LogP contribution is 2.20. The minimum Gasteiger partial charge on any atom is -0.300 e. The fraction of sp³-hybridized carbons (Fsp3) is 0.250. The van der Waals surface area contributed by atoms with Crippen molar-refractivity contribution in [1.82, 2.24) is 0 Å². The van der Waals surface area contributed by atoms with Crippen LogP contribution in [0.25, 0.3) is 0 Å². The minimum absolute atomic E-state index is 0.362. The van der Waals surface area contributed by atoms with Crippen LogP contribution < -0.4 is 5.90 Å². The Morgan fingerprint density at radius 3 is 2.91 bits per heavy atom. The largest absolute Gasteiger partial charge is 0.300 e. The molecule has 60 valence electrons. The third kappa shape index (κ3) is 1.93. The second kappa shape index (κ2) is 3.72. The highest BCUT2D eigenvalue weighted by Gasteiger charge is 2.00. The van der Waals surface area contributed by atoms with Crippen LogP contribution in [-0.2, 0) is 11.4 Å². The Morgan fingerprint density at radius 2 is 2.27 bits per heavy atom. The molecule has 0 aliphatic carbocycles. The molecule has 2 N–H and O–H groups in total. The van der Waals surface area contributed by atoms with Gasteiger partial charge < -0.3 is 0 Å². The molecule has 0 fully saturated rings. The molecule has 0 atom stereocenters. The monoisotopic (exact) mass is 171 g/mol. The maximum atomic E-state index is 5.94. The first-order valence-electron chi connectivity index (χ1n) is 3.31. The number of nitrogens with two attached hydrogens (primary N) is 1. The van der Waals surface area contributed by atoms with E-state index in [9.17, 15) is 0 Å². The van der Waals surface area contributed by atoms with E-state index in [1.54, 1.807) is 0 Å². The molecule has 2 nitrogen and oxygen atoms in total. The highest BCUT2D eigenvalue weighted by molar-refractivity contribution is 6.32. The number of rotatable bonds is 2. The second-order valence-corrected chi connectivity index (χ2v) is 2.74. The van der Waals surface area contributed by atoms with Crippen molar-refractivity contribution < 1.29 is 4.84 Å². The van der Waals surface area contributed by atoms with Crippen molar-refractivity contribution in [2.75, 3.05) is 0 Å². The zero-order valence-electron chi connectivity index (χ0n) is 6.30. The molecular weight excluding hydrogens is 162 g/mol. The Hall–Kier alpha value is -0.570. The van der Waals surface area contributed by atoms with Crippen molar-refractivity contribution in [3.8, 4) is 0 Å². The first-order chi connectivity index (χ1) is 5.25. The van der Waals surface area contributed by atoms with E-state index in [2.05, 4.69) is 4.84 Å². The lowest BCUT2D eigenvalue weighted by Crippen LogP contribution is -1.99. The molecule has 0 spiro atoms. The maximum absolute atomic E-state index is 5.94. The maximum Gasteiger partial charge on any atom is 0.0944 e. The van der Waals surface area contributed by atoms with Crippen LogP contribution in [0.5, 0.6) is 0 Å². The average molecular weight is 172 g/mol. The summed E-state index contributed by atoms with van der Waals surface area (Å²) in [4.78, 5) is 4.48. The summed E-state index contributed by atoms with van der Waals surface area (Å²) in [6, 6.07) is 5.76. The van der Waals surface area contributed by atoms with Gasteiger partial charge in [0.05, 0.1) is 6.61 Å². The Kier molecular flexibility index (Phi) is 2.88. The van der Waals surface area contributed by atoms with Crippen molar-refractivity contribution in [1.29, 1.82) is 0 Å². The minimum atomic E-state index is 0.362. The molecular formula is C8H10ClNO. The third-order valence-corrected chi connectivity index (χ3v) is 2.05. The van der Waals surface area contributed by atoms with Crippen LogP contribution in [0.4, 0.5) is 0 Å². The molecule has 0 heterocycles. The third-order valence-electron chi connectivity index (χ3n) is 1.51. The summed E-state index contributed by atoms with van der Waals surface area (Å²) in [6.07, 6.45) is 0. The fourth-order valence-electron chi connectivity index (χ4n) is 0.909. The van der Waals surface area contributed by atoms with Gasteiger partial charge in [-0.15, -0.1) is 0 Å². The number of aryl methyl sites for hydroxylation is 1. The number of benzene rings is 1. The van der Waals surface area contributed by atoms with Gasteiger partial charge in [-0.3, -0.25) is 4.84 Å². The predicted octanol–water partition coefficient (Wildman–Crippen LogP) is 2.04. The van der Waals surface area contributed by atoms with Gasteiger partial charge >= 0.3 is 0 Å². The first-order valence-corrected chi connectivity index (χ1v) is 3.69. The van der Waals surface area contributed by atoms with Gasteiger partial charge in [-0.1, -0.05) is 29.8 Å². The van der Waals surface area contributed by atoms with E-state index in [4.69, 9.17) is 17.5 Å². The summed E-state index contributed by atoms with van der Waals surface area (Å²) in [6.45, 7) is 2.31. The molecule has 1 aromatic carbocycles. The summed E-state index contributed by atoms with van der Waals surface area (Å²) >= 11 is 5.94. The number of halogens is 1. The van der Waals surface area contributed by atoms with E-state index in [-0.39, 0.29) is 0 Å². The first kappa shape index (κ1) is 8.53. The van der Waals surface area contributed by atoms with Crippen molar-refractivity contribution in [2.24, 2.45) is 5.90 Å². The van der Waals surface area contributed by atoms with Crippen LogP contribution in [0.2, 0.25) is 5.02 Å². The Morgan fingerprint density at radius 1 is 1.55 bits per heavy atom. The summed E-state index contributed by atoms with van der Waals surface area (Å²) in [7, 11) is 0. The van der Waals surface area contributed by atoms with Crippen molar-refractivity contribution in [2.45, 2.75) is 13.5 Å². The molecule has 0 radical (unpaired) electrons. The van der Waals surface area contributed by atoms with Crippen LogP contribution in [0.3, 0.4) is 0 Å². The van der Waals surface area contributed by atoms with Crippen LogP contribution in [-0.4, -0.2) is 0 Å². The Labute approximate surface area is 70.9 Å². The zero-order valence-corrected chi connectivity index (χ0v) is 7.06. The van der Waals surface area contributed by atoms with Gasteiger partial charge in [-0.2, -0.15) is 0 Å². The number of hydrogen-bond acceptors (Lipinski definition) is 2. The highest BCUT2D eigenvalue weighted by atomic mass is 35.5. The molecule has 0 saturated carbocycles.